The molecule has 0 aliphatic carbocycles. The lowest BCUT2D eigenvalue weighted by molar-refractivity contribution is 0.0948. The summed E-state index contributed by atoms with van der Waals surface area (Å²) in [5, 5.41) is 7.47. The van der Waals surface area contributed by atoms with Crippen LogP contribution in [-0.2, 0) is 0 Å². The van der Waals surface area contributed by atoms with Gasteiger partial charge in [0, 0.05) is 5.56 Å². The van der Waals surface area contributed by atoms with Crippen molar-refractivity contribution in [3.63, 3.8) is 0 Å². The first-order valence-electron chi connectivity index (χ1n) is 7.66. The summed E-state index contributed by atoms with van der Waals surface area (Å²) in [6.45, 7) is 1.98. The summed E-state index contributed by atoms with van der Waals surface area (Å²) in [5.41, 5.74) is 1.57. The maximum Gasteiger partial charge on any atom is 0.291 e. The molecule has 3 aromatic rings. The lowest BCUT2D eigenvalue weighted by Gasteiger charge is -2.04. The van der Waals surface area contributed by atoms with Crippen molar-refractivity contribution in [2.75, 3.05) is 6.54 Å². The van der Waals surface area contributed by atoms with Crippen molar-refractivity contribution >= 4 is 17.5 Å². The van der Waals surface area contributed by atoms with Gasteiger partial charge in [-0.25, -0.2) is 9.67 Å². The van der Waals surface area contributed by atoms with Gasteiger partial charge in [0.1, 0.15) is 5.82 Å². The van der Waals surface area contributed by atoms with Crippen LogP contribution < -0.4 is 5.32 Å². The van der Waals surface area contributed by atoms with Gasteiger partial charge >= 0.3 is 0 Å². The van der Waals surface area contributed by atoms with Gasteiger partial charge in [-0.2, -0.15) is 0 Å². The fourth-order valence-electron chi connectivity index (χ4n) is 2.21. The maximum absolute atomic E-state index is 12.2. The Balaban J connectivity index is 1.69. The lowest BCUT2D eigenvalue weighted by Crippen LogP contribution is -2.25. The Morgan fingerprint density at radius 3 is 2.64 bits per heavy atom. The molecule has 1 amide bonds. The molecule has 1 aromatic heterocycles. The Morgan fingerprint density at radius 1 is 1.16 bits per heavy atom. The van der Waals surface area contributed by atoms with Gasteiger partial charge in [0.15, 0.2) is 0 Å². The van der Waals surface area contributed by atoms with E-state index in [-0.39, 0.29) is 18.3 Å². The number of hydrogen-bond acceptors (Lipinski definition) is 3. The van der Waals surface area contributed by atoms with Crippen LogP contribution in [0.2, 0.25) is 5.02 Å². The van der Waals surface area contributed by atoms with E-state index in [1.54, 1.807) is 17.7 Å². The first-order chi connectivity index (χ1) is 12.1. The monoisotopic (exact) mass is 350 g/mol. The van der Waals surface area contributed by atoms with Gasteiger partial charge in [-0.3, -0.25) is 4.79 Å². The highest BCUT2D eigenvalue weighted by Crippen LogP contribution is 2.20. The molecule has 0 aliphatic rings. The van der Waals surface area contributed by atoms with Gasteiger partial charge in [-0.05, 0) is 31.2 Å². The molecule has 1 N–H and O–H groups in total. The molecule has 0 saturated carbocycles. The van der Waals surface area contributed by atoms with Crippen LogP contribution in [0.25, 0.3) is 5.69 Å². The summed E-state index contributed by atoms with van der Waals surface area (Å²) in [6.07, 6.45) is 0. The van der Waals surface area contributed by atoms with Crippen molar-refractivity contribution in [3.8, 4) is 17.5 Å². The van der Waals surface area contributed by atoms with Crippen LogP contribution in [0.15, 0.2) is 54.6 Å². The van der Waals surface area contributed by atoms with Gasteiger partial charge < -0.3 is 5.32 Å². The fourth-order valence-corrected chi connectivity index (χ4v) is 2.42. The second-order valence-electron chi connectivity index (χ2n) is 5.20. The van der Waals surface area contributed by atoms with Crippen LogP contribution in [0.3, 0.4) is 0 Å². The van der Waals surface area contributed by atoms with Crippen LogP contribution in [0, 0.1) is 18.8 Å². The number of amides is 1. The predicted octanol–water partition coefficient (Wildman–Crippen LogP) is 3.01. The summed E-state index contributed by atoms with van der Waals surface area (Å²) >= 11 is 6.17. The van der Waals surface area contributed by atoms with E-state index in [1.807, 2.05) is 48.5 Å². The van der Waals surface area contributed by atoms with E-state index in [2.05, 4.69) is 27.2 Å². The summed E-state index contributed by atoms with van der Waals surface area (Å²) in [7, 11) is 0. The molecule has 0 fully saturated rings. The molecule has 0 saturated heterocycles. The third-order valence-electron chi connectivity index (χ3n) is 3.40. The third-order valence-corrected chi connectivity index (χ3v) is 3.72. The zero-order valence-corrected chi connectivity index (χ0v) is 14.3. The standard InChI is InChI=1S/C19H15ClN4O/c1-14-22-18(23-24(14)17-12-6-5-11-16(17)20)19(25)21-13-7-10-15-8-3-2-4-9-15/h2-6,8-9,11-12H,13H2,1H3,(H,21,25). The van der Waals surface area contributed by atoms with Gasteiger partial charge in [0.25, 0.3) is 5.91 Å². The quantitative estimate of drug-likeness (QED) is 0.739. The van der Waals surface area contributed by atoms with Crippen molar-refractivity contribution < 1.29 is 4.79 Å². The second-order valence-corrected chi connectivity index (χ2v) is 5.60. The Hall–Kier alpha value is -3.10. The van der Waals surface area contributed by atoms with E-state index in [0.717, 1.165) is 5.56 Å². The molecule has 0 unspecified atom stereocenters. The van der Waals surface area contributed by atoms with Gasteiger partial charge in [-0.1, -0.05) is 53.8 Å². The average Bonchev–Trinajstić information content (AvgIpc) is 3.01. The molecule has 5 nitrogen and oxygen atoms in total. The largest absolute Gasteiger partial charge is 0.338 e. The maximum atomic E-state index is 12.2. The second kappa shape index (κ2) is 7.65. The minimum absolute atomic E-state index is 0.0823. The molecular weight excluding hydrogens is 336 g/mol. The summed E-state index contributed by atoms with van der Waals surface area (Å²) in [4.78, 5) is 16.4. The number of aryl methyl sites for hydroxylation is 1. The number of rotatable bonds is 3. The number of nitrogens with zero attached hydrogens (tertiary/aromatic N) is 3. The third kappa shape index (κ3) is 4.06. The number of carbonyl (C=O) groups excluding carboxylic acids is 1. The van der Waals surface area contributed by atoms with Crippen LogP contribution >= 0.6 is 11.6 Å². The number of aromatic nitrogens is 3. The number of benzene rings is 2. The Kier molecular flexibility index (Phi) is 5.12. The zero-order chi connectivity index (χ0) is 17.6. The molecule has 124 valence electrons. The van der Waals surface area contributed by atoms with E-state index in [9.17, 15) is 4.79 Å². The smallest absolute Gasteiger partial charge is 0.291 e. The minimum Gasteiger partial charge on any atom is -0.338 e. The molecule has 25 heavy (non-hydrogen) atoms. The molecule has 0 radical (unpaired) electrons. The molecule has 3 rings (SSSR count). The summed E-state index contributed by atoms with van der Waals surface area (Å²) in [6, 6.07) is 16.8. The van der Waals surface area contributed by atoms with Crippen LogP contribution in [-0.4, -0.2) is 27.2 Å². The highest BCUT2D eigenvalue weighted by molar-refractivity contribution is 6.32. The minimum atomic E-state index is -0.378. The predicted molar refractivity (Wildman–Crippen MR) is 96.8 cm³/mol. The molecule has 0 aliphatic heterocycles. The van der Waals surface area contributed by atoms with Crippen molar-refractivity contribution in [2.24, 2.45) is 0 Å². The summed E-state index contributed by atoms with van der Waals surface area (Å²) in [5.74, 6) is 6.15. The highest BCUT2D eigenvalue weighted by atomic mass is 35.5. The average molecular weight is 351 g/mol. The fraction of sp³-hybridized carbons (Fsp3) is 0.105. The van der Waals surface area contributed by atoms with Crippen LogP contribution in [0.5, 0.6) is 0 Å². The molecule has 0 spiro atoms. The molecule has 0 atom stereocenters. The van der Waals surface area contributed by atoms with Crippen molar-refractivity contribution in [2.45, 2.75) is 6.92 Å². The molecular formula is C19H15ClN4O. The van der Waals surface area contributed by atoms with Crippen molar-refractivity contribution in [1.29, 1.82) is 0 Å². The topological polar surface area (TPSA) is 59.8 Å². The molecule has 0 bridgehead atoms. The van der Waals surface area contributed by atoms with Gasteiger partial charge in [-0.15, -0.1) is 5.10 Å². The first kappa shape index (κ1) is 16.7. The number of halogens is 1. The van der Waals surface area contributed by atoms with E-state index >= 15 is 0 Å². The normalized spacial score (nSPS) is 10.0. The highest BCUT2D eigenvalue weighted by Gasteiger charge is 2.15. The van der Waals surface area contributed by atoms with Gasteiger partial charge in [0.05, 0.1) is 17.3 Å². The Bertz CT molecular complexity index is 954. The van der Waals surface area contributed by atoms with Crippen molar-refractivity contribution in [3.05, 3.63) is 76.8 Å². The lowest BCUT2D eigenvalue weighted by atomic mass is 10.2. The number of hydrogen-bond donors (Lipinski definition) is 1. The van der Waals surface area contributed by atoms with E-state index in [1.165, 1.54) is 0 Å². The zero-order valence-electron chi connectivity index (χ0n) is 13.5. The molecule has 1 heterocycles. The van der Waals surface area contributed by atoms with Crippen molar-refractivity contribution in [1.82, 2.24) is 20.1 Å². The number of para-hydroxylation sites is 1. The first-order valence-corrected chi connectivity index (χ1v) is 8.03. The Labute approximate surface area is 150 Å². The van der Waals surface area contributed by atoms with Gasteiger partial charge in [0.2, 0.25) is 5.82 Å². The van der Waals surface area contributed by atoms with E-state index in [0.29, 0.717) is 16.5 Å². The Morgan fingerprint density at radius 2 is 1.88 bits per heavy atom. The number of nitrogens with one attached hydrogen (secondary N) is 1. The number of carbonyl (C=O) groups is 1. The molecule has 2 aromatic carbocycles. The van der Waals surface area contributed by atoms with E-state index < -0.39 is 0 Å². The molecule has 6 heteroatoms. The summed E-state index contributed by atoms with van der Waals surface area (Å²) < 4.78 is 1.55. The van der Waals surface area contributed by atoms with Crippen LogP contribution in [0.1, 0.15) is 22.0 Å². The van der Waals surface area contributed by atoms with E-state index in [4.69, 9.17) is 11.6 Å². The van der Waals surface area contributed by atoms with Crippen LogP contribution in [0.4, 0.5) is 0 Å². The SMILES string of the molecule is Cc1nc(C(=O)NCC#Cc2ccccc2)nn1-c1ccccc1Cl.